The molecular weight excluding hydrogens is 204 g/mol. The summed E-state index contributed by atoms with van der Waals surface area (Å²) in [6, 6.07) is 3.57. The molecule has 0 spiro atoms. The molecule has 1 rings (SSSR count). The van der Waals surface area contributed by atoms with Crippen LogP contribution in [0.1, 0.15) is 30.1 Å². The molecule has 1 heterocycles. The number of carbonyl (C=O) groups excluding carboxylic acids is 1. The Morgan fingerprint density at radius 3 is 2.94 bits per heavy atom. The standard InChI is InChI=1S/C11H18N4O/c1-2-8(5-6-12)15-11-9(10(13)16)4-3-7-14-11/h3-4,7-8H,2,5-6,12H2,1H3,(H2,13,16)(H,14,15). The van der Waals surface area contributed by atoms with Gasteiger partial charge in [0, 0.05) is 12.2 Å². The van der Waals surface area contributed by atoms with Crippen molar-refractivity contribution in [2.24, 2.45) is 11.5 Å². The Morgan fingerprint density at radius 2 is 2.38 bits per heavy atom. The van der Waals surface area contributed by atoms with E-state index < -0.39 is 5.91 Å². The quantitative estimate of drug-likeness (QED) is 0.661. The van der Waals surface area contributed by atoms with Crippen LogP contribution in [0.25, 0.3) is 0 Å². The second kappa shape index (κ2) is 6.07. The van der Waals surface area contributed by atoms with E-state index in [1.807, 2.05) is 0 Å². The molecule has 0 aliphatic heterocycles. The van der Waals surface area contributed by atoms with E-state index in [0.717, 1.165) is 12.8 Å². The molecule has 16 heavy (non-hydrogen) atoms. The van der Waals surface area contributed by atoms with Gasteiger partial charge in [-0.1, -0.05) is 6.92 Å². The first kappa shape index (κ1) is 12.4. The van der Waals surface area contributed by atoms with Gasteiger partial charge in [0.1, 0.15) is 5.82 Å². The maximum atomic E-state index is 11.2. The van der Waals surface area contributed by atoms with Crippen LogP contribution < -0.4 is 16.8 Å². The monoisotopic (exact) mass is 222 g/mol. The summed E-state index contributed by atoms with van der Waals surface area (Å²) in [6.07, 6.45) is 3.39. The lowest BCUT2D eigenvalue weighted by Crippen LogP contribution is -2.25. The highest BCUT2D eigenvalue weighted by Crippen LogP contribution is 2.13. The van der Waals surface area contributed by atoms with E-state index in [1.165, 1.54) is 0 Å². The number of amides is 1. The number of nitrogens with zero attached hydrogens (tertiary/aromatic N) is 1. The lowest BCUT2D eigenvalue weighted by molar-refractivity contribution is 0.100. The van der Waals surface area contributed by atoms with Gasteiger partial charge >= 0.3 is 0 Å². The number of anilines is 1. The Hall–Kier alpha value is -1.62. The average molecular weight is 222 g/mol. The molecule has 1 atom stereocenters. The molecule has 5 heteroatoms. The lowest BCUT2D eigenvalue weighted by Gasteiger charge is -2.17. The fourth-order valence-corrected chi connectivity index (χ4v) is 1.49. The van der Waals surface area contributed by atoms with E-state index in [4.69, 9.17) is 11.5 Å². The summed E-state index contributed by atoms with van der Waals surface area (Å²) in [5, 5.41) is 3.19. The maximum Gasteiger partial charge on any atom is 0.252 e. The highest BCUT2D eigenvalue weighted by atomic mass is 16.1. The van der Waals surface area contributed by atoms with E-state index in [9.17, 15) is 4.79 Å². The zero-order valence-electron chi connectivity index (χ0n) is 9.44. The minimum Gasteiger partial charge on any atom is -0.367 e. The molecule has 1 unspecified atom stereocenters. The first-order valence-electron chi connectivity index (χ1n) is 5.40. The number of aromatic nitrogens is 1. The van der Waals surface area contributed by atoms with Crippen LogP contribution >= 0.6 is 0 Å². The van der Waals surface area contributed by atoms with Crippen molar-refractivity contribution in [3.63, 3.8) is 0 Å². The molecule has 1 aromatic rings. The van der Waals surface area contributed by atoms with Crippen molar-refractivity contribution in [3.8, 4) is 0 Å². The van der Waals surface area contributed by atoms with Crippen molar-refractivity contribution < 1.29 is 4.79 Å². The Bertz CT molecular complexity index is 354. The van der Waals surface area contributed by atoms with Gasteiger partial charge in [-0.2, -0.15) is 0 Å². The van der Waals surface area contributed by atoms with E-state index >= 15 is 0 Å². The van der Waals surface area contributed by atoms with Gasteiger partial charge < -0.3 is 16.8 Å². The van der Waals surface area contributed by atoms with E-state index in [1.54, 1.807) is 18.3 Å². The van der Waals surface area contributed by atoms with E-state index in [-0.39, 0.29) is 6.04 Å². The van der Waals surface area contributed by atoms with Crippen molar-refractivity contribution >= 4 is 11.7 Å². The van der Waals surface area contributed by atoms with Crippen molar-refractivity contribution in [3.05, 3.63) is 23.9 Å². The Morgan fingerprint density at radius 1 is 1.62 bits per heavy atom. The molecule has 0 aromatic carbocycles. The number of hydrogen-bond acceptors (Lipinski definition) is 4. The second-order valence-electron chi connectivity index (χ2n) is 3.59. The van der Waals surface area contributed by atoms with Crippen LogP contribution in [0.3, 0.4) is 0 Å². The summed E-state index contributed by atoms with van der Waals surface area (Å²) in [5.74, 6) is 0.0634. The van der Waals surface area contributed by atoms with Crippen LogP contribution in [0.4, 0.5) is 5.82 Å². The summed E-state index contributed by atoms with van der Waals surface area (Å²) in [5.41, 5.74) is 11.2. The topological polar surface area (TPSA) is 94.0 Å². The predicted octanol–water partition coefficient (Wildman–Crippen LogP) is 0.720. The van der Waals surface area contributed by atoms with Crippen molar-refractivity contribution in [2.75, 3.05) is 11.9 Å². The van der Waals surface area contributed by atoms with Gasteiger partial charge in [-0.25, -0.2) is 4.98 Å². The average Bonchev–Trinajstić information content (AvgIpc) is 2.29. The third kappa shape index (κ3) is 3.20. The third-order valence-electron chi connectivity index (χ3n) is 2.42. The fraction of sp³-hybridized carbons (Fsp3) is 0.455. The first-order valence-corrected chi connectivity index (χ1v) is 5.40. The zero-order chi connectivity index (χ0) is 12.0. The van der Waals surface area contributed by atoms with Gasteiger partial charge in [-0.05, 0) is 31.5 Å². The second-order valence-corrected chi connectivity index (χ2v) is 3.59. The van der Waals surface area contributed by atoms with Crippen molar-refractivity contribution in [1.82, 2.24) is 4.98 Å². The number of nitrogens with two attached hydrogens (primary N) is 2. The molecule has 0 saturated carbocycles. The molecule has 0 radical (unpaired) electrons. The normalized spacial score (nSPS) is 12.1. The van der Waals surface area contributed by atoms with E-state index in [2.05, 4.69) is 17.2 Å². The lowest BCUT2D eigenvalue weighted by atomic mass is 10.1. The minimum absolute atomic E-state index is 0.220. The van der Waals surface area contributed by atoms with Crippen LogP contribution in [-0.4, -0.2) is 23.5 Å². The molecule has 5 nitrogen and oxygen atoms in total. The van der Waals surface area contributed by atoms with Crippen LogP contribution in [0.2, 0.25) is 0 Å². The molecule has 1 aromatic heterocycles. The number of hydrogen-bond donors (Lipinski definition) is 3. The summed E-state index contributed by atoms with van der Waals surface area (Å²) in [4.78, 5) is 15.3. The van der Waals surface area contributed by atoms with E-state index in [0.29, 0.717) is 17.9 Å². The Labute approximate surface area is 95.2 Å². The molecule has 5 N–H and O–H groups in total. The third-order valence-corrected chi connectivity index (χ3v) is 2.42. The van der Waals surface area contributed by atoms with Gasteiger partial charge in [0.15, 0.2) is 0 Å². The van der Waals surface area contributed by atoms with Crippen LogP contribution in [0.15, 0.2) is 18.3 Å². The van der Waals surface area contributed by atoms with Gasteiger partial charge in [-0.15, -0.1) is 0 Å². The largest absolute Gasteiger partial charge is 0.367 e. The van der Waals surface area contributed by atoms with Crippen LogP contribution in [0.5, 0.6) is 0 Å². The zero-order valence-corrected chi connectivity index (χ0v) is 9.44. The Kier molecular flexibility index (Phi) is 4.72. The highest BCUT2D eigenvalue weighted by molar-refractivity contribution is 5.97. The summed E-state index contributed by atoms with van der Waals surface area (Å²) < 4.78 is 0. The smallest absolute Gasteiger partial charge is 0.252 e. The molecule has 0 fully saturated rings. The SMILES string of the molecule is CCC(CCN)Nc1ncccc1C(N)=O. The Balaban J connectivity index is 2.82. The van der Waals surface area contributed by atoms with Crippen LogP contribution in [0, 0.1) is 0 Å². The van der Waals surface area contributed by atoms with Gasteiger partial charge in [0.05, 0.1) is 5.56 Å². The number of carbonyl (C=O) groups is 1. The highest BCUT2D eigenvalue weighted by Gasteiger charge is 2.12. The van der Waals surface area contributed by atoms with Gasteiger partial charge in [0.2, 0.25) is 0 Å². The molecule has 0 aliphatic carbocycles. The predicted molar refractivity (Wildman–Crippen MR) is 64.1 cm³/mol. The molecule has 0 bridgehead atoms. The summed E-state index contributed by atoms with van der Waals surface area (Å²) in [6.45, 7) is 2.66. The van der Waals surface area contributed by atoms with Gasteiger partial charge in [0.25, 0.3) is 5.91 Å². The fourth-order valence-electron chi connectivity index (χ4n) is 1.49. The molecule has 0 aliphatic rings. The summed E-state index contributed by atoms with van der Waals surface area (Å²) in [7, 11) is 0. The summed E-state index contributed by atoms with van der Waals surface area (Å²) >= 11 is 0. The van der Waals surface area contributed by atoms with Crippen LogP contribution in [-0.2, 0) is 0 Å². The molecular formula is C11H18N4O. The number of nitrogens with one attached hydrogen (secondary N) is 1. The minimum atomic E-state index is -0.474. The molecule has 1 amide bonds. The first-order chi connectivity index (χ1) is 7.69. The number of pyridine rings is 1. The van der Waals surface area contributed by atoms with Gasteiger partial charge in [-0.3, -0.25) is 4.79 Å². The van der Waals surface area contributed by atoms with Crippen molar-refractivity contribution in [1.29, 1.82) is 0 Å². The molecule has 88 valence electrons. The molecule has 0 saturated heterocycles. The van der Waals surface area contributed by atoms with Crippen molar-refractivity contribution in [2.45, 2.75) is 25.8 Å². The number of rotatable bonds is 6. The number of primary amides is 1. The maximum absolute atomic E-state index is 11.2.